The summed E-state index contributed by atoms with van der Waals surface area (Å²) in [5.41, 5.74) is 6.68. The second-order valence-electron chi connectivity index (χ2n) is 18.0. The van der Waals surface area contributed by atoms with E-state index in [9.17, 15) is 4.79 Å². The number of rotatable bonds is 52. The molecule has 10 heteroatoms. The topological polar surface area (TPSA) is 121 Å². The van der Waals surface area contributed by atoms with E-state index in [1.807, 2.05) is 0 Å². The summed E-state index contributed by atoms with van der Waals surface area (Å²) in [5.74, 6) is -0.450. The molecule has 1 rings (SSSR count). The summed E-state index contributed by atoms with van der Waals surface area (Å²) in [7, 11) is 0. The quantitative estimate of drug-likeness (QED) is 0.0487. The Kier molecular flexibility index (Phi) is 46.1. The van der Waals surface area contributed by atoms with E-state index in [1.165, 1.54) is 219 Å². The predicted octanol–water partition coefficient (Wildman–Crippen LogP) is 12.7. The molecule has 1 heterocycles. The van der Waals surface area contributed by atoms with E-state index in [2.05, 4.69) is 28.7 Å². The minimum Gasteiger partial charge on any atom is -0.462 e. The molecule has 0 aliphatic carbocycles. The van der Waals surface area contributed by atoms with Gasteiger partial charge in [0, 0.05) is 24.9 Å². The highest BCUT2D eigenvalue weighted by Crippen LogP contribution is 2.16. The van der Waals surface area contributed by atoms with Gasteiger partial charge in [-0.05, 0) is 25.9 Å². The molecular formula is C52H102N4O6. The lowest BCUT2D eigenvalue weighted by molar-refractivity contribution is -0.146. The summed E-state index contributed by atoms with van der Waals surface area (Å²) in [6, 6.07) is -0.726. The van der Waals surface area contributed by atoms with Crippen LogP contribution in [0.4, 0.5) is 0 Å². The van der Waals surface area contributed by atoms with Crippen molar-refractivity contribution in [2.75, 3.05) is 79.1 Å². The van der Waals surface area contributed by atoms with Crippen LogP contribution in [0.1, 0.15) is 225 Å². The Morgan fingerprint density at radius 2 is 0.806 bits per heavy atom. The van der Waals surface area contributed by atoms with E-state index in [1.54, 1.807) is 12.5 Å². The Morgan fingerprint density at radius 3 is 1.15 bits per heavy atom. The van der Waals surface area contributed by atoms with Gasteiger partial charge in [-0.2, -0.15) is 0 Å². The van der Waals surface area contributed by atoms with Gasteiger partial charge in [-0.15, -0.1) is 0 Å². The Morgan fingerprint density at radius 1 is 0.484 bits per heavy atom. The second-order valence-corrected chi connectivity index (χ2v) is 18.0. The molecule has 0 bridgehead atoms. The second kappa shape index (κ2) is 48.9. The maximum atomic E-state index is 12.0. The summed E-state index contributed by atoms with van der Waals surface area (Å²) < 4.78 is 28.0. The van der Waals surface area contributed by atoms with E-state index in [-0.39, 0.29) is 6.61 Å². The van der Waals surface area contributed by atoms with Crippen LogP contribution in [0, 0.1) is 0 Å². The van der Waals surface area contributed by atoms with Crippen molar-refractivity contribution in [3.05, 3.63) is 18.2 Å². The summed E-state index contributed by atoms with van der Waals surface area (Å²) in [6.07, 6.45) is 48.8. The number of nitrogens with zero attached hydrogens (tertiary/aromatic N) is 2. The van der Waals surface area contributed by atoms with Gasteiger partial charge >= 0.3 is 5.97 Å². The largest absolute Gasteiger partial charge is 0.462 e. The molecule has 1 aromatic heterocycles. The lowest BCUT2D eigenvalue weighted by Crippen LogP contribution is -2.35. The molecule has 0 aromatic carbocycles. The van der Waals surface area contributed by atoms with Crippen molar-refractivity contribution in [1.82, 2.24) is 14.9 Å². The number of carbonyl (C=O) groups excluding carboxylic acids is 1. The molecule has 366 valence electrons. The number of aromatic amines is 1. The van der Waals surface area contributed by atoms with Crippen molar-refractivity contribution in [2.24, 2.45) is 5.73 Å². The molecule has 0 amide bonds. The third kappa shape index (κ3) is 42.4. The third-order valence-corrected chi connectivity index (χ3v) is 12.1. The third-order valence-electron chi connectivity index (χ3n) is 12.1. The zero-order valence-corrected chi connectivity index (χ0v) is 41.0. The average Bonchev–Trinajstić information content (AvgIpc) is 3.80. The highest BCUT2D eigenvalue weighted by molar-refractivity contribution is 5.75. The molecule has 0 saturated heterocycles. The summed E-state index contributed by atoms with van der Waals surface area (Å²) in [5, 5.41) is 0. The molecule has 0 aliphatic rings. The Bertz CT molecular complexity index is 966. The van der Waals surface area contributed by atoms with Crippen LogP contribution >= 0.6 is 0 Å². The lowest BCUT2D eigenvalue weighted by atomic mass is 10.0. The zero-order valence-electron chi connectivity index (χ0n) is 41.0. The van der Waals surface area contributed by atoms with Gasteiger partial charge < -0.3 is 39.3 Å². The molecule has 0 saturated carbocycles. The molecule has 3 N–H and O–H groups in total. The highest BCUT2D eigenvalue weighted by Gasteiger charge is 2.16. The standard InChI is InChI=1S/C52H102N4O6/c1-3-5-7-9-11-13-15-17-19-21-23-25-27-29-31-33-35-56(36-34-32-30-28-26-24-22-20-18-16-14-12-10-8-6-4-2)37-38-58-39-40-59-41-42-60-43-44-61-45-46-62-52(57)51(53)47-50-48-54-49-55-50/h48-49,51H,3-47,53H2,1-2H3,(H,54,55). The average molecular weight is 879 g/mol. The molecule has 0 fully saturated rings. The van der Waals surface area contributed by atoms with Crippen LogP contribution in [0.25, 0.3) is 0 Å². The number of aromatic nitrogens is 2. The number of H-pyrrole nitrogens is 1. The van der Waals surface area contributed by atoms with E-state index < -0.39 is 12.0 Å². The SMILES string of the molecule is CCCCCCCCCCCCCCCCCCN(CCCCCCCCCCCCCCCCCC)CCOCCOCCOCCOCCOC(=O)C(N)Cc1cnc[nH]1. The van der Waals surface area contributed by atoms with E-state index in [0.717, 1.165) is 18.8 Å². The lowest BCUT2D eigenvalue weighted by Gasteiger charge is -2.22. The van der Waals surface area contributed by atoms with Gasteiger partial charge in [0.1, 0.15) is 12.6 Å². The number of nitrogens with one attached hydrogen (secondary N) is 1. The number of imidazole rings is 1. The first kappa shape index (κ1) is 58.5. The molecule has 0 radical (unpaired) electrons. The van der Waals surface area contributed by atoms with Crippen LogP contribution in [0.5, 0.6) is 0 Å². The predicted molar refractivity (Wildman–Crippen MR) is 260 cm³/mol. The molecule has 1 atom stereocenters. The Balaban J connectivity index is 2.08. The highest BCUT2D eigenvalue weighted by atomic mass is 16.6. The number of hydrogen-bond donors (Lipinski definition) is 2. The van der Waals surface area contributed by atoms with E-state index >= 15 is 0 Å². The fourth-order valence-corrected chi connectivity index (χ4v) is 8.08. The summed E-state index contributed by atoms with van der Waals surface area (Å²) in [6.45, 7) is 12.3. The summed E-state index contributed by atoms with van der Waals surface area (Å²) >= 11 is 0. The van der Waals surface area contributed by atoms with Crippen molar-refractivity contribution in [3.8, 4) is 0 Å². The zero-order chi connectivity index (χ0) is 44.5. The van der Waals surface area contributed by atoms with Gasteiger partial charge in [0.15, 0.2) is 0 Å². The van der Waals surface area contributed by atoms with Crippen molar-refractivity contribution in [1.29, 1.82) is 0 Å². The number of unbranched alkanes of at least 4 members (excludes halogenated alkanes) is 30. The van der Waals surface area contributed by atoms with Crippen molar-refractivity contribution < 1.29 is 28.5 Å². The van der Waals surface area contributed by atoms with Crippen LogP contribution in [0.15, 0.2) is 12.5 Å². The Labute approximate surface area is 383 Å². The minimum absolute atomic E-state index is 0.162. The first-order valence-electron chi connectivity index (χ1n) is 26.6. The molecule has 10 nitrogen and oxygen atoms in total. The van der Waals surface area contributed by atoms with E-state index in [4.69, 9.17) is 29.4 Å². The van der Waals surface area contributed by atoms with Crippen molar-refractivity contribution >= 4 is 5.97 Å². The van der Waals surface area contributed by atoms with Crippen LogP contribution in [0.2, 0.25) is 0 Å². The first-order valence-corrected chi connectivity index (χ1v) is 26.6. The van der Waals surface area contributed by atoms with Gasteiger partial charge in [-0.1, -0.05) is 206 Å². The normalized spacial score (nSPS) is 12.2. The van der Waals surface area contributed by atoms with Gasteiger partial charge in [0.2, 0.25) is 0 Å². The van der Waals surface area contributed by atoms with Gasteiger partial charge in [0.05, 0.1) is 59.2 Å². The van der Waals surface area contributed by atoms with Crippen LogP contribution < -0.4 is 5.73 Å². The maximum absolute atomic E-state index is 12.0. The molecule has 0 aliphatic heterocycles. The number of nitrogens with two attached hydrogens (primary N) is 1. The maximum Gasteiger partial charge on any atom is 0.323 e. The number of ether oxygens (including phenoxy) is 5. The molecule has 1 unspecified atom stereocenters. The Hall–Kier alpha value is -1.56. The van der Waals surface area contributed by atoms with Crippen molar-refractivity contribution in [2.45, 2.75) is 232 Å². The molecule has 62 heavy (non-hydrogen) atoms. The summed E-state index contributed by atoms with van der Waals surface area (Å²) in [4.78, 5) is 21.5. The monoisotopic (exact) mass is 879 g/mol. The fourth-order valence-electron chi connectivity index (χ4n) is 8.08. The number of esters is 1. The van der Waals surface area contributed by atoms with Crippen LogP contribution in [-0.4, -0.2) is 106 Å². The van der Waals surface area contributed by atoms with E-state index in [0.29, 0.717) is 52.7 Å². The fraction of sp³-hybridized carbons (Fsp3) is 0.923. The van der Waals surface area contributed by atoms with Crippen LogP contribution in [-0.2, 0) is 34.9 Å². The van der Waals surface area contributed by atoms with Gasteiger partial charge in [-0.25, -0.2) is 4.98 Å². The smallest absolute Gasteiger partial charge is 0.323 e. The molecule has 1 aromatic rings. The number of carbonyl (C=O) groups is 1. The van der Waals surface area contributed by atoms with Crippen LogP contribution in [0.3, 0.4) is 0 Å². The first-order chi connectivity index (χ1) is 30.7. The van der Waals surface area contributed by atoms with Crippen molar-refractivity contribution in [3.63, 3.8) is 0 Å². The minimum atomic E-state index is -0.726. The molecular weight excluding hydrogens is 777 g/mol. The van der Waals surface area contributed by atoms with Gasteiger partial charge in [-0.3, -0.25) is 4.79 Å². The number of hydrogen-bond acceptors (Lipinski definition) is 9. The molecule has 0 spiro atoms. The van der Waals surface area contributed by atoms with Gasteiger partial charge in [0.25, 0.3) is 0 Å².